The minimum atomic E-state index is -0.480. The number of carbonyl (C=O) groups is 1. The molecule has 30 heavy (non-hydrogen) atoms. The summed E-state index contributed by atoms with van der Waals surface area (Å²) in [6.45, 7) is 0.213. The molecule has 0 fully saturated rings. The van der Waals surface area contributed by atoms with Crippen LogP contribution >= 0.6 is 23.2 Å². The minimum absolute atomic E-state index is 0.0519. The van der Waals surface area contributed by atoms with Crippen LogP contribution in [0.1, 0.15) is 6.42 Å². The van der Waals surface area contributed by atoms with Gasteiger partial charge in [0.05, 0.1) is 15.6 Å². The molecule has 0 aliphatic rings. The van der Waals surface area contributed by atoms with Gasteiger partial charge in [-0.3, -0.25) is 14.9 Å². The summed E-state index contributed by atoms with van der Waals surface area (Å²) in [5.41, 5.74) is 0.729. The highest BCUT2D eigenvalue weighted by Crippen LogP contribution is 2.33. The lowest BCUT2D eigenvalue weighted by molar-refractivity contribution is -0.384. The highest BCUT2D eigenvalue weighted by Gasteiger charge is 2.14. The lowest BCUT2D eigenvalue weighted by Gasteiger charge is -2.13. The van der Waals surface area contributed by atoms with Gasteiger partial charge >= 0.3 is 0 Å². The molecule has 3 aromatic rings. The van der Waals surface area contributed by atoms with Crippen molar-refractivity contribution in [1.29, 1.82) is 0 Å². The molecule has 3 rings (SSSR count). The Kier molecular flexibility index (Phi) is 7.05. The lowest BCUT2D eigenvalue weighted by Crippen LogP contribution is -2.17. The molecule has 0 aliphatic carbocycles. The smallest absolute Gasteiger partial charge is 0.292 e. The van der Waals surface area contributed by atoms with Crippen LogP contribution in [0.3, 0.4) is 0 Å². The molecule has 2 aromatic carbocycles. The maximum Gasteiger partial charge on any atom is 0.292 e. The monoisotopic (exact) mass is 446 g/mol. The van der Waals surface area contributed by atoms with Crippen LogP contribution in [-0.4, -0.2) is 22.4 Å². The summed E-state index contributed by atoms with van der Waals surface area (Å²) in [6.07, 6.45) is 1.48. The van der Waals surface area contributed by atoms with Crippen LogP contribution in [0.4, 0.5) is 17.1 Å². The quantitative estimate of drug-likeness (QED) is 0.347. The summed E-state index contributed by atoms with van der Waals surface area (Å²) in [7, 11) is 0. The van der Waals surface area contributed by atoms with Crippen LogP contribution < -0.4 is 15.4 Å². The van der Waals surface area contributed by atoms with Crippen molar-refractivity contribution in [2.24, 2.45) is 0 Å². The first kappa shape index (κ1) is 21.4. The van der Waals surface area contributed by atoms with Crippen molar-refractivity contribution >= 4 is 46.2 Å². The predicted octanol–water partition coefficient (Wildman–Crippen LogP) is 5.53. The number of aromatic nitrogens is 1. The van der Waals surface area contributed by atoms with E-state index in [4.69, 9.17) is 27.9 Å². The first-order chi connectivity index (χ1) is 14.4. The van der Waals surface area contributed by atoms with Gasteiger partial charge in [0.25, 0.3) is 5.69 Å². The molecule has 0 spiro atoms. The topological polar surface area (TPSA) is 106 Å². The number of ether oxygens (including phenoxy) is 1. The number of benzene rings is 2. The van der Waals surface area contributed by atoms with Gasteiger partial charge < -0.3 is 15.4 Å². The number of amides is 1. The fourth-order valence-electron chi connectivity index (χ4n) is 2.55. The number of anilines is 2. The zero-order chi connectivity index (χ0) is 21.5. The summed E-state index contributed by atoms with van der Waals surface area (Å²) in [5, 5.41) is 17.3. The molecule has 0 unspecified atom stereocenters. The van der Waals surface area contributed by atoms with E-state index in [9.17, 15) is 14.9 Å². The number of pyridine rings is 1. The fourth-order valence-corrected chi connectivity index (χ4v) is 2.96. The number of nitrogens with one attached hydrogen (secondary N) is 2. The van der Waals surface area contributed by atoms with E-state index in [2.05, 4.69) is 15.6 Å². The molecular weight excluding hydrogens is 431 g/mol. The number of para-hydroxylation sites is 4. The van der Waals surface area contributed by atoms with Gasteiger partial charge in [0.1, 0.15) is 10.7 Å². The van der Waals surface area contributed by atoms with Gasteiger partial charge in [0.15, 0.2) is 5.75 Å². The maximum absolute atomic E-state index is 12.3. The van der Waals surface area contributed by atoms with Crippen LogP contribution in [0.2, 0.25) is 10.0 Å². The second-order valence-electron chi connectivity index (χ2n) is 6.04. The molecule has 0 saturated carbocycles. The predicted molar refractivity (Wildman–Crippen MR) is 116 cm³/mol. The normalized spacial score (nSPS) is 10.3. The second-order valence-corrected chi connectivity index (χ2v) is 6.88. The Balaban J connectivity index is 1.61. The third kappa shape index (κ3) is 5.59. The molecule has 1 heterocycles. The zero-order valence-corrected chi connectivity index (χ0v) is 17.0. The van der Waals surface area contributed by atoms with Crippen molar-refractivity contribution in [1.82, 2.24) is 4.98 Å². The molecule has 10 heteroatoms. The van der Waals surface area contributed by atoms with E-state index >= 15 is 0 Å². The first-order valence-electron chi connectivity index (χ1n) is 8.79. The lowest BCUT2D eigenvalue weighted by atomic mass is 10.2. The van der Waals surface area contributed by atoms with E-state index in [1.165, 1.54) is 18.3 Å². The van der Waals surface area contributed by atoms with Crippen molar-refractivity contribution in [3.63, 3.8) is 0 Å². The van der Waals surface area contributed by atoms with Crippen LogP contribution in [-0.2, 0) is 4.79 Å². The number of rotatable bonds is 8. The Morgan fingerprint density at radius 1 is 1.10 bits per heavy atom. The zero-order valence-electron chi connectivity index (χ0n) is 15.5. The van der Waals surface area contributed by atoms with Gasteiger partial charge in [0.2, 0.25) is 11.8 Å². The standard InChI is InChI=1S/C20H16Cl2N4O4/c21-13-11-14(22)20(24-12-13)30-18-8-4-2-6-16(18)25-19(27)9-10-23-15-5-1-3-7-17(15)26(28)29/h1-8,11-12,23H,9-10H2,(H,25,27). The molecule has 0 saturated heterocycles. The highest BCUT2D eigenvalue weighted by atomic mass is 35.5. The van der Waals surface area contributed by atoms with Gasteiger partial charge in [-0.1, -0.05) is 47.5 Å². The Bertz CT molecular complexity index is 1080. The van der Waals surface area contributed by atoms with Crippen molar-refractivity contribution in [3.8, 4) is 11.6 Å². The molecule has 0 radical (unpaired) electrons. The Morgan fingerprint density at radius 2 is 1.80 bits per heavy atom. The SMILES string of the molecule is O=C(CCNc1ccccc1[N+](=O)[O-])Nc1ccccc1Oc1ncc(Cl)cc1Cl. The fraction of sp³-hybridized carbons (Fsp3) is 0.100. The van der Waals surface area contributed by atoms with Crippen LogP contribution in [0.25, 0.3) is 0 Å². The van der Waals surface area contributed by atoms with Crippen molar-refractivity contribution in [2.45, 2.75) is 6.42 Å². The number of hydrogen-bond acceptors (Lipinski definition) is 6. The highest BCUT2D eigenvalue weighted by molar-refractivity contribution is 6.35. The van der Waals surface area contributed by atoms with E-state index in [-0.39, 0.29) is 35.5 Å². The van der Waals surface area contributed by atoms with E-state index in [0.717, 1.165) is 0 Å². The molecule has 1 amide bonds. The molecular formula is C20H16Cl2N4O4. The average molecular weight is 447 g/mol. The third-order valence-corrected chi connectivity index (χ3v) is 4.39. The summed E-state index contributed by atoms with van der Waals surface area (Å²) in [6, 6.07) is 14.6. The van der Waals surface area contributed by atoms with Crippen LogP contribution in [0.5, 0.6) is 11.6 Å². The molecule has 0 bridgehead atoms. The largest absolute Gasteiger partial charge is 0.435 e. The number of nitro benzene ring substituents is 1. The Morgan fingerprint density at radius 3 is 2.53 bits per heavy atom. The van der Waals surface area contributed by atoms with E-state index in [1.807, 2.05) is 0 Å². The van der Waals surface area contributed by atoms with Crippen molar-refractivity contribution in [3.05, 3.63) is 81.0 Å². The molecule has 8 nitrogen and oxygen atoms in total. The molecule has 0 aliphatic heterocycles. The Hall–Kier alpha value is -3.36. The van der Waals surface area contributed by atoms with Gasteiger partial charge in [-0.15, -0.1) is 0 Å². The van der Waals surface area contributed by atoms with Crippen LogP contribution in [0.15, 0.2) is 60.8 Å². The molecule has 154 valence electrons. The van der Waals surface area contributed by atoms with Crippen LogP contribution in [0, 0.1) is 10.1 Å². The first-order valence-corrected chi connectivity index (χ1v) is 9.54. The second kappa shape index (κ2) is 9.91. The van der Waals surface area contributed by atoms with E-state index in [1.54, 1.807) is 42.5 Å². The third-order valence-electron chi connectivity index (χ3n) is 3.91. The van der Waals surface area contributed by atoms with Gasteiger partial charge in [-0.25, -0.2) is 4.98 Å². The van der Waals surface area contributed by atoms with E-state index < -0.39 is 4.92 Å². The summed E-state index contributed by atoms with van der Waals surface area (Å²) >= 11 is 11.9. The number of carbonyl (C=O) groups excluding carboxylic acids is 1. The maximum atomic E-state index is 12.3. The van der Waals surface area contributed by atoms with E-state index in [0.29, 0.717) is 22.1 Å². The number of nitrogens with zero attached hydrogens (tertiary/aromatic N) is 2. The minimum Gasteiger partial charge on any atom is -0.435 e. The van der Waals surface area contributed by atoms with Gasteiger partial charge in [0, 0.05) is 25.2 Å². The van der Waals surface area contributed by atoms with Gasteiger partial charge in [-0.2, -0.15) is 0 Å². The Labute approximate surface area is 181 Å². The summed E-state index contributed by atoms with van der Waals surface area (Å²) in [5.74, 6) is 0.211. The van der Waals surface area contributed by atoms with Gasteiger partial charge in [-0.05, 0) is 24.3 Å². The molecule has 0 atom stereocenters. The summed E-state index contributed by atoms with van der Waals surface area (Å²) in [4.78, 5) is 26.9. The summed E-state index contributed by atoms with van der Waals surface area (Å²) < 4.78 is 5.71. The molecule has 1 aromatic heterocycles. The van der Waals surface area contributed by atoms with Crippen molar-refractivity contribution in [2.75, 3.05) is 17.2 Å². The molecule has 2 N–H and O–H groups in total. The number of nitro groups is 1. The number of hydrogen-bond donors (Lipinski definition) is 2. The van der Waals surface area contributed by atoms with Crippen molar-refractivity contribution < 1.29 is 14.5 Å². The average Bonchev–Trinajstić information content (AvgIpc) is 2.71. The number of halogens is 2.